The highest BCUT2D eigenvalue weighted by Gasteiger charge is 2.56. The standard InChI is InChI=1S/C16H20N2O3S/c1-15(2)9-16(3)18(14(22)17-15)12(13(20)21-16)8-10-4-6-11(19)7-5-10/h4-7,12,19H,8-9H2,1-3H3,(H,17,22). The number of rotatable bonds is 2. The number of thiocarbonyl (C=S) groups is 1. The van der Waals surface area contributed by atoms with E-state index >= 15 is 0 Å². The first-order valence-electron chi connectivity index (χ1n) is 7.32. The van der Waals surface area contributed by atoms with Crippen LogP contribution in [0.4, 0.5) is 0 Å². The quantitative estimate of drug-likeness (QED) is 0.641. The number of nitrogens with zero attached hydrogens (tertiary/aromatic N) is 1. The maximum atomic E-state index is 12.4. The van der Waals surface area contributed by atoms with Gasteiger partial charge in [0.2, 0.25) is 0 Å². The number of benzene rings is 1. The fraction of sp³-hybridized carbons (Fsp3) is 0.500. The number of hydrogen-bond acceptors (Lipinski definition) is 4. The molecule has 2 heterocycles. The van der Waals surface area contributed by atoms with E-state index in [0.717, 1.165) is 5.56 Å². The number of aromatic hydroxyl groups is 1. The van der Waals surface area contributed by atoms with Gasteiger partial charge in [-0.25, -0.2) is 4.79 Å². The SMILES string of the molecule is CC1(C)CC2(C)OC(=O)C(Cc3ccc(O)cc3)N2C(=S)N1. The normalized spacial score (nSPS) is 29.8. The van der Waals surface area contributed by atoms with Crippen molar-refractivity contribution in [1.82, 2.24) is 10.2 Å². The van der Waals surface area contributed by atoms with Gasteiger partial charge in [0.1, 0.15) is 11.8 Å². The van der Waals surface area contributed by atoms with E-state index in [1.807, 2.05) is 37.8 Å². The number of ether oxygens (including phenoxy) is 1. The Hall–Kier alpha value is -1.82. The molecular weight excluding hydrogens is 300 g/mol. The summed E-state index contributed by atoms with van der Waals surface area (Å²) in [5, 5.41) is 13.2. The van der Waals surface area contributed by atoms with Gasteiger partial charge in [-0.2, -0.15) is 0 Å². The average molecular weight is 320 g/mol. The highest BCUT2D eigenvalue weighted by atomic mass is 32.1. The molecule has 2 saturated heterocycles. The maximum absolute atomic E-state index is 12.4. The average Bonchev–Trinajstić information content (AvgIpc) is 2.61. The number of nitrogens with one attached hydrogen (secondary N) is 1. The van der Waals surface area contributed by atoms with E-state index in [0.29, 0.717) is 18.0 Å². The van der Waals surface area contributed by atoms with Gasteiger partial charge in [-0.1, -0.05) is 12.1 Å². The molecule has 0 bridgehead atoms. The van der Waals surface area contributed by atoms with Crippen molar-refractivity contribution in [2.75, 3.05) is 0 Å². The molecule has 5 nitrogen and oxygen atoms in total. The molecule has 2 aliphatic rings. The second-order valence-corrected chi connectivity index (χ2v) is 7.23. The predicted octanol–water partition coefficient (Wildman–Crippen LogP) is 1.94. The summed E-state index contributed by atoms with van der Waals surface area (Å²) < 4.78 is 5.68. The highest BCUT2D eigenvalue weighted by Crippen LogP contribution is 2.40. The molecule has 1 aromatic carbocycles. The molecule has 22 heavy (non-hydrogen) atoms. The summed E-state index contributed by atoms with van der Waals surface area (Å²) in [5.41, 5.74) is 0.0391. The Morgan fingerprint density at radius 1 is 1.36 bits per heavy atom. The van der Waals surface area contributed by atoms with Crippen molar-refractivity contribution in [3.05, 3.63) is 29.8 Å². The zero-order valence-electron chi connectivity index (χ0n) is 12.9. The summed E-state index contributed by atoms with van der Waals surface area (Å²) in [4.78, 5) is 14.3. The van der Waals surface area contributed by atoms with Crippen LogP contribution in [0, 0.1) is 0 Å². The molecule has 2 aliphatic heterocycles. The van der Waals surface area contributed by atoms with E-state index in [2.05, 4.69) is 5.32 Å². The van der Waals surface area contributed by atoms with Crippen molar-refractivity contribution in [3.63, 3.8) is 0 Å². The largest absolute Gasteiger partial charge is 0.508 e. The van der Waals surface area contributed by atoms with Gasteiger partial charge in [0.15, 0.2) is 10.8 Å². The highest BCUT2D eigenvalue weighted by molar-refractivity contribution is 7.80. The summed E-state index contributed by atoms with van der Waals surface area (Å²) in [7, 11) is 0. The van der Waals surface area contributed by atoms with Crippen LogP contribution in [0.15, 0.2) is 24.3 Å². The summed E-state index contributed by atoms with van der Waals surface area (Å²) in [6.45, 7) is 6.00. The number of phenolic OH excluding ortho intramolecular Hbond substituents is 1. The van der Waals surface area contributed by atoms with Crippen LogP contribution in [0.25, 0.3) is 0 Å². The van der Waals surface area contributed by atoms with Crippen LogP contribution in [0.5, 0.6) is 5.75 Å². The Balaban J connectivity index is 1.88. The van der Waals surface area contributed by atoms with Crippen molar-refractivity contribution in [2.24, 2.45) is 0 Å². The number of fused-ring (bicyclic) bond motifs is 1. The summed E-state index contributed by atoms with van der Waals surface area (Å²) in [6, 6.07) is 6.41. The molecule has 3 rings (SSSR count). The number of esters is 1. The molecule has 1 aromatic rings. The lowest BCUT2D eigenvalue weighted by Gasteiger charge is -2.48. The summed E-state index contributed by atoms with van der Waals surface area (Å²) in [6.07, 6.45) is 1.16. The Labute approximate surface area is 135 Å². The first kappa shape index (κ1) is 15.1. The van der Waals surface area contributed by atoms with Crippen LogP contribution in [0.3, 0.4) is 0 Å². The Morgan fingerprint density at radius 3 is 2.64 bits per heavy atom. The van der Waals surface area contributed by atoms with Crippen molar-refractivity contribution < 1.29 is 14.6 Å². The fourth-order valence-electron chi connectivity index (χ4n) is 3.49. The fourth-order valence-corrected chi connectivity index (χ4v) is 4.09. The molecule has 0 aliphatic carbocycles. The third-order valence-electron chi connectivity index (χ3n) is 4.21. The van der Waals surface area contributed by atoms with Gasteiger partial charge in [0, 0.05) is 18.4 Å². The lowest BCUT2D eigenvalue weighted by molar-refractivity contribution is -0.153. The van der Waals surface area contributed by atoms with Crippen LogP contribution < -0.4 is 5.32 Å². The Morgan fingerprint density at radius 2 is 2.00 bits per heavy atom. The lowest BCUT2D eigenvalue weighted by Crippen LogP contribution is -2.66. The van der Waals surface area contributed by atoms with Crippen molar-refractivity contribution in [1.29, 1.82) is 0 Å². The number of phenols is 1. The van der Waals surface area contributed by atoms with Crippen molar-refractivity contribution in [3.8, 4) is 5.75 Å². The molecule has 2 atom stereocenters. The van der Waals surface area contributed by atoms with Gasteiger partial charge >= 0.3 is 5.97 Å². The minimum atomic E-state index is -0.704. The van der Waals surface area contributed by atoms with E-state index in [4.69, 9.17) is 17.0 Å². The zero-order valence-corrected chi connectivity index (χ0v) is 13.7. The maximum Gasteiger partial charge on any atom is 0.331 e. The topological polar surface area (TPSA) is 61.8 Å². The van der Waals surface area contributed by atoms with Gasteiger partial charge < -0.3 is 15.2 Å². The molecule has 6 heteroatoms. The first-order chi connectivity index (χ1) is 10.2. The van der Waals surface area contributed by atoms with Gasteiger partial charge in [0.25, 0.3) is 0 Å². The molecule has 2 fully saturated rings. The molecule has 0 saturated carbocycles. The van der Waals surface area contributed by atoms with E-state index in [-0.39, 0.29) is 17.3 Å². The van der Waals surface area contributed by atoms with Gasteiger partial charge in [-0.05, 0) is 50.7 Å². The van der Waals surface area contributed by atoms with Gasteiger partial charge in [-0.15, -0.1) is 0 Å². The third kappa shape index (κ3) is 2.52. The second-order valence-electron chi connectivity index (χ2n) is 6.84. The molecule has 0 amide bonds. The molecule has 2 N–H and O–H groups in total. The molecule has 118 valence electrons. The molecule has 2 unspecified atom stereocenters. The molecule has 0 radical (unpaired) electrons. The Bertz CT molecular complexity index is 629. The Kier molecular flexibility index (Phi) is 3.32. The summed E-state index contributed by atoms with van der Waals surface area (Å²) in [5.74, 6) is -0.0445. The second kappa shape index (κ2) is 4.84. The van der Waals surface area contributed by atoms with Gasteiger partial charge in [-0.3, -0.25) is 4.90 Å². The zero-order chi connectivity index (χ0) is 16.1. The summed E-state index contributed by atoms with van der Waals surface area (Å²) >= 11 is 5.47. The minimum absolute atomic E-state index is 0.208. The van der Waals surface area contributed by atoms with Crippen molar-refractivity contribution >= 4 is 23.3 Å². The predicted molar refractivity (Wildman–Crippen MR) is 86.4 cm³/mol. The molecule has 0 spiro atoms. The van der Waals surface area contributed by atoms with Crippen LogP contribution in [0.2, 0.25) is 0 Å². The first-order valence-corrected chi connectivity index (χ1v) is 7.73. The van der Waals surface area contributed by atoms with Crippen LogP contribution >= 0.6 is 12.2 Å². The van der Waals surface area contributed by atoms with Crippen molar-refractivity contribution in [2.45, 2.75) is 50.9 Å². The lowest BCUT2D eigenvalue weighted by atomic mass is 9.89. The number of carbonyl (C=O) groups is 1. The van der Waals surface area contributed by atoms with E-state index in [1.165, 1.54) is 0 Å². The van der Waals surface area contributed by atoms with Crippen LogP contribution in [0.1, 0.15) is 32.8 Å². The van der Waals surface area contributed by atoms with E-state index < -0.39 is 11.8 Å². The molecular formula is C16H20N2O3S. The van der Waals surface area contributed by atoms with Crippen LogP contribution in [-0.4, -0.2) is 38.4 Å². The van der Waals surface area contributed by atoms with E-state index in [9.17, 15) is 9.90 Å². The minimum Gasteiger partial charge on any atom is -0.508 e. The van der Waals surface area contributed by atoms with E-state index in [1.54, 1.807) is 12.1 Å². The molecule has 0 aromatic heterocycles. The number of carbonyl (C=O) groups excluding carboxylic acids is 1. The smallest absolute Gasteiger partial charge is 0.331 e. The number of hydrogen-bond donors (Lipinski definition) is 2. The third-order valence-corrected chi connectivity index (χ3v) is 4.51. The van der Waals surface area contributed by atoms with Crippen LogP contribution in [-0.2, 0) is 16.0 Å². The monoisotopic (exact) mass is 320 g/mol. The van der Waals surface area contributed by atoms with Gasteiger partial charge in [0.05, 0.1) is 0 Å².